The molecule has 0 aliphatic rings. The van der Waals surface area contributed by atoms with E-state index < -0.39 is 14.4 Å². The lowest BCUT2D eigenvalue weighted by Crippen LogP contribution is -2.49. The van der Waals surface area contributed by atoms with Crippen molar-refractivity contribution in [2.45, 2.75) is 51.6 Å². The van der Waals surface area contributed by atoms with E-state index in [1.807, 2.05) is 24.3 Å². The Balaban J connectivity index is 2.61. The van der Waals surface area contributed by atoms with Crippen LogP contribution in [0.4, 0.5) is 4.79 Å². The first-order valence-electron chi connectivity index (χ1n) is 8.53. The van der Waals surface area contributed by atoms with Crippen molar-refractivity contribution in [1.82, 2.24) is 10.6 Å². The maximum Gasteiger partial charge on any atom is 0.404 e. The van der Waals surface area contributed by atoms with Gasteiger partial charge in [-0.05, 0) is 35.8 Å². The summed E-state index contributed by atoms with van der Waals surface area (Å²) in [6.07, 6.45) is -1.23. The van der Waals surface area contributed by atoms with E-state index in [-0.39, 0.29) is 17.7 Å². The fraction of sp³-hybridized carbons (Fsp3) is 0.611. The molecule has 1 aromatic carbocycles. The van der Waals surface area contributed by atoms with Crippen molar-refractivity contribution >= 4 is 14.4 Å². The van der Waals surface area contributed by atoms with E-state index in [9.17, 15) is 4.79 Å². The highest BCUT2D eigenvalue weighted by atomic mass is 28.4. The zero-order valence-corrected chi connectivity index (χ0v) is 17.2. The van der Waals surface area contributed by atoms with Crippen molar-refractivity contribution < 1.29 is 19.1 Å². The van der Waals surface area contributed by atoms with E-state index in [4.69, 9.17) is 14.3 Å². The Hall–Kier alpha value is -1.57. The Morgan fingerprint density at radius 2 is 1.80 bits per heavy atom. The summed E-state index contributed by atoms with van der Waals surface area (Å²) in [7, 11) is -0.327. The molecule has 1 amide bonds. The number of nitrogens with one attached hydrogen (secondary N) is 2. The molecular formula is C18H32N2O4Si. The molecule has 7 heteroatoms. The predicted octanol–water partition coefficient (Wildman–Crippen LogP) is 3.44. The molecule has 1 rings (SSSR count). The number of amides is 1. The molecule has 0 aliphatic carbocycles. The first kappa shape index (κ1) is 21.5. The van der Waals surface area contributed by atoms with Crippen molar-refractivity contribution in [2.24, 2.45) is 0 Å². The number of hydrogen-bond donors (Lipinski definition) is 3. The topological polar surface area (TPSA) is 79.8 Å². The lowest BCUT2D eigenvalue weighted by Gasteiger charge is -2.39. The van der Waals surface area contributed by atoms with Gasteiger partial charge in [0.05, 0.1) is 13.2 Å². The van der Waals surface area contributed by atoms with Gasteiger partial charge in [-0.15, -0.1) is 0 Å². The molecule has 142 valence electrons. The molecule has 0 bridgehead atoms. The SMILES string of the molecule is COc1ccc(CNCC(CNC(=O)O)O[Si](C)(C)C(C)(C)C)cc1. The third-order valence-corrected chi connectivity index (χ3v) is 9.14. The standard InChI is InChI=1S/C18H32N2O4Si/c1-18(2,3)25(5,6)24-16(13-20-17(21)22)12-19-11-14-7-9-15(23-4)10-8-14/h7-10,16,19-20H,11-13H2,1-6H3,(H,21,22). The quantitative estimate of drug-likeness (QED) is 0.582. The van der Waals surface area contributed by atoms with Gasteiger partial charge in [0.25, 0.3) is 0 Å². The van der Waals surface area contributed by atoms with Gasteiger partial charge in [-0.3, -0.25) is 0 Å². The summed E-state index contributed by atoms with van der Waals surface area (Å²) in [6.45, 7) is 12.4. The van der Waals surface area contributed by atoms with Gasteiger partial charge in [0.2, 0.25) is 0 Å². The summed E-state index contributed by atoms with van der Waals surface area (Å²) in [5, 5.41) is 14.8. The molecule has 0 heterocycles. The molecule has 1 unspecified atom stereocenters. The minimum atomic E-state index is -1.97. The van der Waals surface area contributed by atoms with E-state index in [1.54, 1.807) is 7.11 Å². The van der Waals surface area contributed by atoms with Gasteiger partial charge in [0, 0.05) is 19.6 Å². The van der Waals surface area contributed by atoms with Gasteiger partial charge in [0.15, 0.2) is 8.32 Å². The van der Waals surface area contributed by atoms with Crippen LogP contribution in [-0.2, 0) is 11.0 Å². The van der Waals surface area contributed by atoms with Crippen LogP contribution in [0.1, 0.15) is 26.3 Å². The summed E-state index contributed by atoms with van der Waals surface area (Å²) < 4.78 is 11.5. The van der Waals surface area contributed by atoms with E-state index in [0.717, 1.165) is 11.3 Å². The molecular weight excluding hydrogens is 336 g/mol. The lowest BCUT2D eigenvalue weighted by atomic mass is 10.2. The van der Waals surface area contributed by atoms with Gasteiger partial charge in [-0.25, -0.2) is 4.79 Å². The summed E-state index contributed by atoms with van der Waals surface area (Å²) in [6, 6.07) is 7.86. The monoisotopic (exact) mass is 368 g/mol. The molecule has 1 atom stereocenters. The molecule has 0 radical (unpaired) electrons. The van der Waals surface area contributed by atoms with E-state index in [0.29, 0.717) is 13.1 Å². The van der Waals surface area contributed by atoms with Crippen LogP contribution in [0.5, 0.6) is 5.75 Å². The Morgan fingerprint density at radius 1 is 1.20 bits per heavy atom. The van der Waals surface area contributed by atoms with Crippen LogP contribution in [0, 0.1) is 0 Å². The van der Waals surface area contributed by atoms with Crippen LogP contribution in [0.25, 0.3) is 0 Å². The van der Waals surface area contributed by atoms with Gasteiger partial charge in [0.1, 0.15) is 5.75 Å². The molecule has 0 saturated heterocycles. The van der Waals surface area contributed by atoms with E-state index in [2.05, 4.69) is 44.5 Å². The van der Waals surface area contributed by atoms with Crippen LogP contribution in [0.15, 0.2) is 24.3 Å². The Bertz CT molecular complexity index is 541. The number of benzene rings is 1. The third kappa shape index (κ3) is 7.46. The average Bonchev–Trinajstić information content (AvgIpc) is 2.51. The second-order valence-electron chi connectivity index (χ2n) is 7.67. The maximum absolute atomic E-state index is 10.8. The van der Waals surface area contributed by atoms with Crippen LogP contribution >= 0.6 is 0 Å². The van der Waals surface area contributed by atoms with E-state index in [1.165, 1.54) is 0 Å². The molecule has 0 saturated carbocycles. The third-order valence-electron chi connectivity index (χ3n) is 4.61. The Morgan fingerprint density at radius 3 is 2.28 bits per heavy atom. The van der Waals surface area contributed by atoms with E-state index >= 15 is 0 Å². The molecule has 0 aliphatic heterocycles. The van der Waals surface area contributed by atoms with Crippen molar-refractivity contribution in [3.8, 4) is 5.75 Å². The Kier molecular flexibility index (Phi) is 7.91. The number of ether oxygens (including phenoxy) is 1. The van der Waals surface area contributed by atoms with Crippen LogP contribution in [0.3, 0.4) is 0 Å². The van der Waals surface area contributed by atoms with Crippen LogP contribution in [0.2, 0.25) is 18.1 Å². The summed E-state index contributed by atoms with van der Waals surface area (Å²) in [5.74, 6) is 0.827. The minimum absolute atomic E-state index is 0.0739. The van der Waals surface area contributed by atoms with Crippen molar-refractivity contribution in [3.05, 3.63) is 29.8 Å². The minimum Gasteiger partial charge on any atom is -0.497 e. The second-order valence-corrected chi connectivity index (χ2v) is 12.4. The summed E-state index contributed by atoms with van der Waals surface area (Å²) in [5.41, 5.74) is 1.14. The fourth-order valence-corrected chi connectivity index (χ4v) is 3.42. The number of rotatable bonds is 9. The molecule has 0 spiro atoms. The number of hydrogen-bond acceptors (Lipinski definition) is 4. The van der Waals surface area contributed by atoms with Gasteiger partial charge < -0.3 is 24.9 Å². The fourth-order valence-electron chi connectivity index (χ4n) is 2.07. The highest BCUT2D eigenvalue weighted by Crippen LogP contribution is 2.37. The maximum atomic E-state index is 10.8. The number of methoxy groups -OCH3 is 1. The van der Waals surface area contributed by atoms with Gasteiger partial charge in [-0.2, -0.15) is 0 Å². The first-order valence-corrected chi connectivity index (χ1v) is 11.4. The lowest BCUT2D eigenvalue weighted by molar-refractivity contribution is 0.159. The van der Waals surface area contributed by atoms with Crippen molar-refractivity contribution in [2.75, 3.05) is 20.2 Å². The largest absolute Gasteiger partial charge is 0.497 e. The molecule has 0 aromatic heterocycles. The summed E-state index contributed by atoms with van der Waals surface area (Å²) in [4.78, 5) is 10.8. The molecule has 1 aromatic rings. The first-order chi connectivity index (χ1) is 11.5. The summed E-state index contributed by atoms with van der Waals surface area (Å²) >= 11 is 0. The van der Waals surface area contributed by atoms with Gasteiger partial charge in [-0.1, -0.05) is 32.9 Å². The zero-order chi connectivity index (χ0) is 19.1. The van der Waals surface area contributed by atoms with Crippen LogP contribution in [-0.4, -0.2) is 45.8 Å². The van der Waals surface area contributed by atoms with Gasteiger partial charge >= 0.3 is 6.09 Å². The number of carboxylic acid groups (broad SMARTS) is 1. The average molecular weight is 369 g/mol. The Labute approximate surface area is 152 Å². The highest BCUT2D eigenvalue weighted by Gasteiger charge is 2.39. The highest BCUT2D eigenvalue weighted by molar-refractivity contribution is 6.74. The van der Waals surface area contributed by atoms with Crippen molar-refractivity contribution in [1.29, 1.82) is 0 Å². The zero-order valence-electron chi connectivity index (χ0n) is 16.2. The normalized spacial score (nSPS) is 13.4. The predicted molar refractivity (Wildman–Crippen MR) is 103 cm³/mol. The molecule has 25 heavy (non-hydrogen) atoms. The van der Waals surface area contributed by atoms with Crippen LogP contribution < -0.4 is 15.4 Å². The number of carbonyl (C=O) groups is 1. The molecule has 6 nitrogen and oxygen atoms in total. The molecule has 0 fully saturated rings. The molecule has 3 N–H and O–H groups in total. The second kappa shape index (κ2) is 9.21. The van der Waals surface area contributed by atoms with Crippen molar-refractivity contribution in [3.63, 3.8) is 0 Å². The smallest absolute Gasteiger partial charge is 0.404 e.